The molecular weight excluding hydrogens is 204 g/mol. The van der Waals surface area contributed by atoms with Gasteiger partial charge in [0.1, 0.15) is 6.10 Å². The second-order valence-corrected chi connectivity index (χ2v) is 5.91. The van der Waals surface area contributed by atoms with Gasteiger partial charge in [-0.15, -0.1) is 23.5 Å². The molecule has 1 saturated heterocycles. The van der Waals surface area contributed by atoms with E-state index in [1.54, 1.807) is 6.26 Å². The Morgan fingerprint density at radius 2 is 2.15 bits per heavy atom. The van der Waals surface area contributed by atoms with Crippen LogP contribution in [-0.4, -0.2) is 28.0 Å². The van der Waals surface area contributed by atoms with Gasteiger partial charge in [-0.2, -0.15) is 0 Å². The van der Waals surface area contributed by atoms with E-state index in [1.165, 1.54) is 24.0 Å². The van der Waals surface area contributed by atoms with E-state index in [0.29, 0.717) is 11.0 Å². The van der Waals surface area contributed by atoms with Crippen LogP contribution in [0.25, 0.3) is 0 Å². The van der Waals surface area contributed by atoms with Crippen molar-refractivity contribution in [3.8, 4) is 0 Å². The third kappa shape index (κ3) is 2.44. The predicted molar refractivity (Wildman–Crippen MR) is 57.0 cm³/mol. The quantitative estimate of drug-likeness (QED) is 0.670. The van der Waals surface area contributed by atoms with Gasteiger partial charge < -0.3 is 4.74 Å². The molecule has 72 valence electrons. The molecule has 2 aliphatic rings. The van der Waals surface area contributed by atoms with Gasteiger partial charge in [0.05, 0.1) is 10.8 Å². The Morgan fingerprint density at radius 3 is 2.85 bits per heavy atom. The van der Waals surface area contributed by atoms with E-state index in [-0.39, 0.29) is 11.9 Å². The molecule has 0 spiro atoms. The third-order valence-electron chi connectivity index (χ3n) is 2.07. The van der Waals surface area contributed by atoms with Gasteiger partial charge in [-0.3, -0.25) is 4.79 Å². The van der Waals surface area contributed by atoms with Crippen LogP contribution in [-0.2, 0) is 9.53 Å². The van der Waals surface area contributed by atoms with Crippen molar-refractivity contribution in [1.82, 2.24) is 0 Å². The van der Waals surface area contributed by atoms with Gasteiger partial charge >= 0.3 is 0 Å². The summed E-state index contributed by atoms with van der Waals surface area (Å²) in [5.74, 6) is 2.60. The summed E-state index contributed by atoms with van der Waals surface area (Å²) < 4.78 is 5.91. The molecule has 0 radical (unpaired) electrons. The Morgan fingerprint density at radius 1 is 1.38 bits per heavy atom. The fourth-order valence-electron chi connectivity index (χ4n) is 1.41. The maximum absolute atomic E-state index is 11.1. The molecule has 0 N–H and O–H groups in total. The number of thioether (sulfide) groups is 2. The average molecular weight is 216 g/mol. The fraction of sp³-hybridized carbons (Fsp3) is 0.667. The van der Waals surface area contributed by atoms with Crippen molar-refractivity contribution in [2.75, 3.05) is 11.5 Å². The smallest absolute Gasteiger partial charge is 0.162 e. The van der Waals surface area contributed by atoms with E-state index < -0.39 is 0 Å². The fourth-order valence-corrected chi connectivity index (χ4v) is 4.39. The second kappa shape index (κ2) is 4.42. The van der Waals surface area contributed by atoms with E-state index >= 15 is 0 Å². The van der Waals surface area contributed by atoms with Gasteiger partial charge in [-0.25, -0.2) is 0 Å². The molecule has 1 atom stereocenters. The zero-order valence-corrected chi connectivity index (χ0v) is 8.90. The minimum Gasteiger partial charge on any atom is -0.495 e. The average Bonchev–Trinajstić information content (AvgIpc) is 2.19. The number of hydrogen-bond donors (Lipinski definition) is 0. The number of carbonyl (C=O) groups excluding carboxylic acids is 1. The van der Waals surface area contributed by atoms with Crippen LogP contribution in [0.1, 0.15) is 12.8 Å². The van der Waals surface area contributed by atoms with E-state index in [9.17, 15) is 4.79 Å². The third-order valence-corrected chi connectivity index (χ3v) is 5.20. The van der Waals surface area contributed by atoms with Crippen molar-refractivity contribution in [2.45, 2.75) is 23.5 Å². The number of ether oxygens (including phenoxy) is 1. The highest BCUT2D eigenvalue weighted by Crippen LogP contribution is 2.36. The van der Waals surface area contributed by atoms with Crippen LogP contribution in [0.3, 0.4) is 0 Å². The summed E-state index contributed by atoms with van der Waals surface area (Å²) in [6.07, 6.45) is 5.01. The Labute approximate surface area is 86.5 Å². The van der Waals surface area contributed by atoms with Crippen LogP contribution in [0.15, 0.2) is 12.3 Å². The van der Waals surface area contributed by atoms with Crippen LogP contribution < -0.4 is 0 Å². The molecule has 2 heterocycles. The van der Waals surface area contributed by atoms with Crippen LogP contribution in [0, 0.1) is 0 Å². The first-order chi connectivity index (χ1) is 6.36. The Balaban J connectivity index is 1.92. The van der Waals surface area contributed by atoms with Crippen LogP contribution in [0.5, 0.6) is 0 Å². The van der Waals surface area contributed by atoms with E-state index in [4.69, 9.17) is 4.74 Å². The van der Waals surface area contributed by atoms with Gasteiger partial charge in [0.2, 0.25) is 0 Å². The molecule has 0 amide bonds. The van der Waals surface area contributed by atoms with E-state index in [1.807, 2.05) is 23.5 Å². The lowest BCUT2D eigenvalue weighted by molar-refractivity contribution is -0.117. The maximum Gasteiger partial charge on any atom is 0.162 e. The summed E-state index contributed by atoms with van der Waals surface area (Å²) in [5, 5.41) is 0. The van der Waals surface area contributed by atoms with Crippen molar-refractivity contribution < 1.29 is 9.53 Å². The van der Waals surface area contributed by atoms with Gasteiger partial charge in [0.25, 0.3) is 0 Å². The molecule has 0 bridgehead atoms. The first-order valence-electron chi connectivity index (χ1n) is 4.44. The van der Waals surface area contributed by atoms with E-state index in [0.717, 1.165) is 0 Å². The molecule has 13 heavy (non-hydrogen) atoms. The lowest BCUT2D eigenvalue weighted by Crippen LogP contribution is -2.29. The Kier molecular flexibility index (Phi) is 3.22. The number of ketones is 1. The van der Waals surface area contributed by atoms with Gasteiger partial charge in [0.15, 0.2) is 5.78 Å². The first-order valence-corrected chi connectivity index (χ1v) is 6.54. The Bertz CT molecular complexity index is 222. The summed E-state index contributed by atoms with van der Waals surface area (Å²) in [7, 11) is 0. The molecule has 1 fully saturated rings. The molecule has 0 aromatic rings. The summed E-state index contributed by atoms with van der Waals surface area (Å²) in [4.78, 5) is 11.1. The standard InChI is InChI=1S/C9H12O2S2/c10-7-2-3-11-8(6-7)9-12-4-1-5-13-9/h2-3,8-9H,1,4-6H2/t8-/m1/s1. The van der Waals surface area contributed by atoms with Crippen LogP contribution in [0.2, 0.25) is 0 Å². The lowest BCUT2D eigenvalue weighted by Gasteiger charge is -2.29. The molecule has 2 aliphatic heterocycles. The summed E-state index contributed by atoms with van der Waals surface area (Å²) in [5.41, 5.74) is 0. The van der Waals surface area contributed by atoms with Gasteiger partial charge in [0, 0.05) is 12.5 Å². The zero-order valence-electron chi connectivity index (χ0n) is 7.27. The molecule has 0 aliphatic carbocycles. The topological polar surface area (TPSA) is 26.3 Å². The first kappa shape index (κ1) is 9.46. The monoisotopic (exact) mass is 216 g/mol. The van der Waals surface area contributed by atoms with Crippen LogP contribution in [0.4, 0.5) is 0 Å². The van der Waals surface area contributed by atoms with Crippen molar-refractivity contribution in [2.24, 2.45) is 0 Å². The molecule has 0 aromatic carbocycles. The molecule has 4 heteroatoms. The zero-order chi connectivity index (χ0) is 9.10. The lowest BCUT2D eigenvalue weighted by atomic mass is 10.2. The Hall–Kier alpha value is -0.0900. The minimum absolute atomic E-state index is 0.104. The summed E-state index contributed by atoms with van der Waals surface area (Å²) in [6.45, 7) is 0. The molecule has 0 aromatic heterocycles. The number of rotatable bonds is 1. The van der Waals surface area contributed by atoms with Crippen molar-refractivity contribution in [3.05, 3.63) is 12.3 Å². The van der Waals surface area contributed by atoms with Crippen molar-refractivity contribution >= 4 is 29.3 Å². The molecule has 2 rings (SSSR count). The highest BCUT2D eigenvalue weighted by molar-refractivity contribution is 8.17. The highest BCUT2D eigenvalue weighted by Gasteiger charge is 2.28. The number of hydrogen-bond acceptors (Lipinski definition) is 4. The summed E-state index contributed by atoms with van der Waals surface area (Å²) >= 11 is 3.85. The number of carbonyl (C=O) groups is 1. The number of allylic oxidation sites excluding steroid dienone is 1. The van der Waals surface area contributed by atoms with Crippen LogP contribution >= 0.6 is 23.5 Å². The predicted octanol–water partition coefficient (Wildman–Crippen LogP) is 2.05. The highest BCUT2D eigenvalue weighted by atomic mass is 32.2. The maximum atomic E-state index is 11.1. The van der Waals surface area contributed by atoms with Crippen molar-refractivity contribution in [1.29, 1.82) is 0 Å². The largest absolute Gasteiger partial charge is 0.495 e. The summed E-state index contributed by atoms with van der Waals surface area (Å²) in [6, 6.07) is 0. The van der Waals surface area contributed by atoms with Gasteiger partial charge in [-0.1, -0.05) is 0 Å². The van der Waals surface area contributed by atoms with Gasteiger partial charge in [-0.05, 0) is 17.9 Å². The van der Waals surface area contributed by atoms with E-state index in [2.05, 4.69) is 0 Å². The molecule has 2 nitrogen and oxygen atoms in total. The SMILES string of the molecule is O=C1C=CO[C@@H](C2SCCCS2)C1. The molecular formula is C9H12O2S2. The molecule has 0 unspecified atom stereocenters. The van der Waals surface area contributed by atoms with Crippen molar-refractivity contribution in [3.63, 3.8) is 0 Å². The normalized spacial score (nSPS) is 30.2. The molecule has 0 saturated carbocycles. The second-order valence-electron chi connectivity index (χ2n) is 3.11. The minimum atomic E-state index is 0.104.